The van der Waals surface area contributed by atoms with E-state index in [-0.39, 0.29) is 5.41 Å². The first kappa shape index (κ1) is 15.9. The van der Waals surface area contributed by atoms with Crippen LogP contribution in [0.25, 0.3) is 11.1 Å². The lowest BCUT2D eigenvalue weighted by molar-refractivity contribution is 0.385. The van der Waals surface area contributed by atoms with Gasteiger partial charge in [0.2, 0.25) is 0 Å². The fourth-order valence-electron chi connectivity index (χ4n) is 4.08. The zero-order valence-corrected chi connectivity index (χ0v) is 15.1. The van der Waals surface area contributed by atoms with Crippen LogP contribution in [0.2, 0.25) is 0 Å². The highest BCUT2D eigenvalue weighted by Gasteiger charge is 2.42. The first-order valence-corrected chi connectivity index (χ1v) is 8.63. The summed E-state index contributed by atoms with van der Waals surface area (Å²) in [6.07, 6.45) is 2.61. The molecule has 3 aromatic rings. The van der Waals surface area contributed by atoms with Crippen LogP contribution in [-0.2, 0) is 5.41 Å². The summed E-state index contributed by atoms with van der Waals surface area (Å²) < 4.78 is 5.59. The Hall–Kier alpha value is -2.63. The van der Waals surface area contributed by atoms with E-state index < -0.39 is 0 Å². The zero-order chi connectivity index (χ0) is 17.8. The molecule has 0 aliphatic carbocycles. The number of nitrogens with two attached hydrogens (primary N) is 1. The quantitative estimate of drug-likeness (QED) is 0.779. The van der Waals surface area contributed by atoms with Crippen molar-refractivity contribution < 1.29 is 4.42 Å². The second-order valence-electron chi connectivity index (χ2n) is 7.59. The fraction of sp³-hybridized carbons (Fsp3) is 0.421. The smallest absolute Gasteiger partial charge is 0.192 e. The molecule has 1 aliphatic heterocycles. The van der Waals surface area contributed by atoms with Gasteiger partial charge in [-0.3, -0.25) is 0 Å². The fourth-order valence-corrected chi connectivity index (χ4v) is 4.08. The zero-order valence-electron chi connectivity index (χ0n) is 15.1. The number of oxazole rings is 1. The Bertz CT molecular complexity index is 948. The number of fused-ring (bicyclic) bond motifs is 2. The molecule has 0 saturated heterocycles. The Morgan fingerprint density at radius 1 is 1.32 bits per heavy atom. The minimum Gasteiger partial charge on any atom is -0.441 e. The topological polar surface area (TPSA) is 81.1 Å². The molecule has 4 rings (SSSR count). The normalized spacial score (nSPS) is 19.8. The molecular formula is C19H23N5O. The maximum absolute atomic E-state index is 6.24. The molecule has 130 valence electrons. The lowest BCUT2D eigenvalue weighted by Gasteiger charge is -2.27. The van der Waals surface area contributed by atoms with Gasteiger partial charge in [0.05, 0.1) is 5.69 Å². The highest BCUT2D eigenvalue weighted by atomic mass is 16.3. The number of aryl methyl sites for hydroxylation is 1. The van der Waals surface area contributed by atoms with Crippen LogP contribution < -0.4 is 10.6 Å². The van der Waals surface area contributed by atoms with Gasteiger partial charge in [-0.2, -0.15) is 0 Å². The largest absolute Gasteiger partial charge is 0.441 e. The lowest BCUT2D eigenvalue weighted by atomic mass is 9.80. The molecule has 0 fully saturated rings. The van der Waals surface area contributed by atoms with Crippen LogP contribution in [-0.4, -0.2) is 21.5 Å². The monoisotopic (exact) mass is 337 g/mol. The summed E-state index contributed by atoms with van der Waals surface area (Å²) in [6.45, 7) is 9.42. The standard InChI is InChI=1S/C19H23N5O/c1-11(2)8-19(4)9-24(16-17(19)21-10-22-18(16)20)13-5-6-15-14(7-13)23-12(3)25-15/h5-7,10-11H,8-9H2,1-4H3,(H2,20,21,22). The van der Waals surface area contributed by atoms with Crippen LogP contribution in [0.4, 0.5) is 17.2 Å². The molecule has 2 N–H and O–H groups in total. The van der Waals surface area contributed by atoms with Gasteiger partial charge in [0.15, 0.2) is 17.3 Å². The third kappa shape index (κ3) is 2.52. The second-order valence-corrected chi connectivity index (χ2v) is 7.59. The molecule has 6 nitrogen and oxygen atoms in total. The number of aromatic nitrogens is 3. The molecular weight excluding hydrogens is 314 g/mol. The van der Waals surface area contributed by atoms with E-state index >= 15 is 0 Å². The van der Waals surface area contributed by atoms with Crippen molar-refractivity contribution in [3.63, 3.8) is 0 Å². The summed E-state index contributed by atoms with van der Waals surface area (Å²) in [5.41, 5.74) is 10.8. The third-order valence-corrected chi connectivity index (χ3v) is 4.85. The Balaban J connectivity index is 1.85. The van der Waals surface area contributed by atoms with Gasteiger partial charge in [0, 0.05) is 24.6 Å². The van der Waals surface area contributed by atoms with E-state index in [1.54, 1.807) is 6.33 Å². The summed E-state index contributed by atoms with van der Waals surface area (Å²) >= 11 is 0. The molecule has 3 heterocycles. The van der Waals surface area contributed by atoms with Gasteiger partial charge in [-0.05, 0) is 30.5 Å². The molecule has 25 heavy (non-hydrogen) atoms. The van der Waals surface area contributed by atoms with Gasteiger partial charge < -0.3 is 15.1 Å². The van der Waals surface area contributed by atoms with Gasteiger partial charge in [0.1, 0.15) is 17.5 Å². The molecule has 1 aliphatic rings. The Morgan fingerprint density at radius 2 is 2.12 bits per heavy atom. The van der Waals surface area contributed by atoms with E-state index in [4.69, 9.17) is 10.2 Å². The molecule has 1 unspecified atom stereocenters. The van der Waals surface area contributed by atoms with Crippen LogP contribution in [0.15, 0.2) is 28.9 Å². The minimum atomic E-state index is -0.0603. The van der Waals surface area contributed by atoms with Crippen molar-refractivity contribution in [2.24, 2.45) is 5.92 Å². The molecule has 1 aromatic carbocycles. The summed E-state index contributed by atoms with van der Waals surface area (Å²) in [5.74, 6) is 1.75. The van der Waals surface area contributed by atoms with Gasteiger partial charge in [-0.15, -0.1) is 0 Å². The molecule has 2 aromatic heterocycles. The van der Waals surface area contributed by atoms with E-state index in [9.17, 15) is 0 Å². The first-order valence-electron chi connectivity index (χ1n) is 8.63. The SMILES string of the molecule is Cc1nc2cc(N3CC(C)(CC(C)C)c4ncnc(N)c43)ccc2o1. The maximum Gasteiger partial charge on any atom is 0.192 e. The lowest BCUT2D eigenvalue weighted by Crippen LogP contribution is -2.30. The van der Waals surface area contributed by atoms with E-state index in [0.29, 0.717) is 17.6 Å². The van der Waals surface area contributed by atoms with Crippen molar-refractivity contribution in [3.8, 4) is 0 Å². The van der Waals surface area contributed by atoms with Gasteiger partial charge in [-0.25, -0.2) is 15.0 Å². The average Bonchev–Trinajstić information content (AvgIpc) is 3.04. The van der Waals surface area contributed by atoms with Crippen LogP contribution >= 0.6 is 0 Å². The Labute approximate surface area is 147 Å². The van der Waals surface area contributed by atoms with Crippen molar-refractivity contribution in [1.82, 2.24) is 15.0 Å². The molecule has 0 amide bonds. The first-order chi connectivity index (χ1) is 11.9. The van der Waals surface area contributed by atoms with Crippen LogP contribution in [0.3, 0.4) is 0 Å². The molecule has 0 bridgehead atoms. The summed E-state index contributed by atoms with van der Waals surface area (Å²) in [6, 6.07) is 6.05. The number of benzene rings is 1. The number of nitrogen functional groups attached to an aromatic ring is 1. The van der Waals surface area contributed by atoms with Crippen molar-refractivity contribution in [2.45, 2.75) is 39.5 Å². The van der Waals surface area contributed by atoms with Gasteiger partial charge in [-0.1, -0.05) is 20.8 Å². The summed E-state index contributed by atoms with van der Waals surface area (Å²) in [7, 11) is 0. The molecule has 0 radical (unpaired) electrons. The summed E-state index contributed by atoms with van der Waals surface area (Å²) in [4.78, 5) is 15.5. The van der Waals surface area contributed by atoms with Crippen LogP contribution in [0.1, 0.15) is 38.8 Å². The van der Waals surface area contributed by atoms with Gasteiger partial charge >= 0.3 is 0 Å². The average molecular weight is 337 g/mol. The van der Waals surface area contributed by atoms with Crippen LogP contribution in [0.5, 0.6) is 0 Å². The van der Waals surface area contributed by atoms with E-state index in [0.717, 1.165) is 41.1 Å². The number of nitrogens with zero attached hydrogens (tertiary/aromatic N) is 4. The van der Waals surface area contributed by atoms with E-state index in [2.05, 4.69) is 40.6 Å². The maximum atomic E-state index is 6.24. The highest BCUT2D eigenvalue weighted by molar-refractivity contribution is 5.84. The number of hydrogen-bond donors (Lipinski definition) is 1. The number of anilines is 3. The number of hydrogen-bond acceptors (Lipinski definition) is 6. The third-order valence-electron chi connectivity index (χ3n) is 4.85. The van der Waals surface area contributed by atoms with E-state index in [1.807, 2.05) is 25.1 Å². The molecule has 1 atom stereocenters. The second kappa shape index (κ2) is 5.44. The predicted molar refractivity (Wildman–Crippen MR) is 99.0 cm³/mol. The van der Waals surface area contributed by atoms with Crippen molar-refractivity contribution in [3.05, 3.63) is 36.1 Å². The van der Waals surface area contributed by atoms with Crippen molar-refractivity contribution in [2.75, 3.05) is 17.2 Å². The summed E-state index contributed by atoms with van der Waals surface area (Å²) in [5, 5.41) is 0. The highest BCUT2D eigenvalue weighted by Crippen LogP contribution is 2.48. The number of rotatable bonds is 3. The minimum absolute atomic E-state index is 0.0603. The predicted octanol–water partition coefficient (Wildman–Crippen LogP) is 3.96. The Kier molecular flexibility index (Phi) is 3.45. The van der Waals surface area contributed by atoms with Crippen LogP contribution in [0, 0.1) is 12.8 Å². The molecule has 0 saturated carbocycles. The molecule has 0 spiro atoms. The molecule has 6 heteroatoms. The van der Waals surface area contributed by atoms with E-state index in [1.165, 1.54) is 0 Å². The van der Waals surface area contributed by atoms with Crippen molar-refractivity contribution >= 4 is 28.3 Å². The Morgan fingerprint density at radius 3 is 2.88 bits per heavy atom. The van der Waals surface area contributed by atoms with Gasteiger partial charge in [0.25, 0.3) is 0 Å². The van der Waals surface area contributed by atoms with Crippen molar-refractivity contribution in [1.29, 1.82) is 0 Å².